The molecule has 0 aliphatic carbocycles. The molecule has 0 bridgehead atoms. The molecule has 4 heteroatoms. The second-order valence-corrected chi connectivity index (χ2v) is 7.08. The van der Waals surface area contributed by atoms with Gasteiger partial charge in [0, 0.05) is 35.2 Å². The van der Waals surface area contributed by atoms with E-state index in [4.69, 9.17) is 10.1 Å². The Morgan fingerprint density at radius 1 is 1.12 bits per heavy atom. The Morgan fingerprint density at radius 2 is 1.88 bits per heavy atom. The molecular formula is C21H22N2OS. The van der Waals surface area contributed by atoms with Gasteiger partial charge in [-0.05, 0) is 36.2 Å². The highest BCUT2D eigenvalue weighted by Gasteiger charge is 2.07. The second kappa shape index (κ2) is 8.58. The first-order valence-electron chi connectivity index (χ1n) is 8.51. The summed E-state index contributed by atoms with van der Waals surface area (Å²) in [4.78, 5) is 5.82. The van der Waals surface area contributed by atoms with Crippen LogP contribution in [0.3, 0.4) is 0 Å². The topological polar surface area (TPSA) is 46.0 Å². The molecule has 0 aliphatic rings. The smallest absolute Gasteiger partial charge is 0.123 e. The van der Waals surface area contributed by atoms with Crippen molar-refractivity contribution in [1.82, 2.24) is 4.98 Å². The molecule has 3 rings (SSSR count). The van der Waals surface area contributed by atoms with E-state index in [1.54, 1.807) is 11.3 Å². The number of rotatable bonds is 8. The van der Waals surface area contributed by atoms with Crippen molar-refractivity contribution in [3.8, 4) is 16.3 Å². The molecule has 0 amide bonds. The molecule has 1 aromatic heterocycles. The monoisotopic (exact) mass is 350 g/mol. The maximum Gasteiger partial charge on any atom is 0.123 e. The number of benzene rings is 2. The molecule has 0 unspecified atom stereocenters. The molecule has 1 N–H and O–H groups in total. The van der Waals surface area contributed by atoms with Crippen LogP contribution in [-0.2, 0) is 6.42 Å². The SMILES string of the molecule is CC[C@@H](C=N)COc1ccc(-c2ncc(Cc3ccccc3)s2)cc1. The molecular weight excluding hydrogens is 328 g/mol. The quantitative estimate of drug-likeness (QED) is 0.549. The maximum absolute atomic E-state index is 7.34. The van der Waals surface area contributed by atoms with Crippen molar-refractivity contribution in [3.05, 3.63) is 71.2 Å². The molecule has 2 aromatic carbocycles. The molecule has 1 atom stereocenters. The van der Waals surface area contributed by atoms with Gasteiger partial charge in [-0.2, -0.15) is 0 Å². The van der Waals surface area contributed by atoms with E-state index in [2.05, 4.69) is 36.2 Å². The Hall–Kier alpha value is -2.46. The van der Waals surface area contributed by atoms with Crippen LogP contribution in [-0.4, -0.2) is 17.8 Å². The molecule has 128 valence electrons. The van der Waals surface area contributed by atoms with Crippen LogP contribution in [0, 0.1) is 11.3 Å². The highest BCUT2D eigenvalue weighted by Crippen LogP contribution is 2.28. The molecule has 25 heavy (non-hydrogen) atoms. The summed E-state index contributed by atoms with van der Waals surface area (Å²) in [6, 6.07) is 18.5. The van der Waals surface area contributed by atoms with Gasteiger partial charge in [0.2, 0.25) is 0 Å². The van der Waals surface area contributed by atoms with Gasteiger partial charge in [0.05, 0.1) is 6.61 Å². The van der Waals surface area contributed by atoms with Gasteiger partial charge in [-0.1, -0.05) is 37.3 Å². The van der Waals surface area contributed by atoms with E-state index in [0.717, 1.165) is 29.2 Å². The Bertz CT molecular complexity index is 796. The molecule has 0 saturated heterocycles. The first-order valence-corrected chi connectivity index (χ1v) is 9.32. The fraction of sp³-hybridized carbons (Fsp3) is 0.238. The summed E-state index contributed by atoms with van der Waals surface area (Å²) in [5.41, 5.74) is 2.41. The first kappa shape index (κ1) is 17.4. The van der Waals surface area contributed by atoms with Crippen molar-refractivity contribution >= 4 is 17.6 Å². The van der Waals surface area contributed by atoms with Crippen LogP contribution >= 0.6 is 11.3 Å². The number of nitrogens with one attached hydrogen (secondary N) is 1. The molecule has 0 radical (unpaired) electrons. The average molecular weight is 350 g/mol. The lowest BCUT2D eigenvalue weighted by atomic mass is 10.1. The Balaban J connectivity index is 1.63. The number of nitrogens with zero attached hydrogens (tertiary/aromatic N) is 1. The molecule has 1 heterocycles. The molecule has 0 spiro atoms. The van der Waals surface area contributed by atoms with Crippen LogP contribution < -0.4 is 4.74 Å². The van der Waals surface area contributed by atoms with Crippen molar-refractivity contribution in [1.29, 1.82) is 5.41 Å². The van der Waals surface area contributed by atoms with Crippen LogP contribution in [0.5, 0.6) is 5.75 Å². The lowest BCUT2D eigenvalue weighted by molar-refractivity contribution is 0.283. The van der Waals surface area contributed by atoms with Gasteiger partial charge < -0.3 is 10.1 Å². The molecule has 3 nitrogen and oxygen atoms in total. The van der Waals surface area contributed by atoms with Gasteiger partial charge in [-0.15, -0.1) is 11.3 Å². The zero-order valence-electron chi connectivity index (χ0n) is 14.3. The molecule has 3 aromatic rings. The van der Waals surface area contributed by atoms with Crippen LogP contribution in [0.1, 0.15) is 23.8 Å². The Kier molecular flexibility index (Phi) is 5.96. The van der Waals surface area contributed by atoms with Crippen molar-refractivity contribution in [3.63, 3.8) is 0 Å². The summed E-state index contributed by atoms with van der Waals surface area (Å²) in [5.74, 6) is 1.02. The summed E-state index contributed by atoms with van der Waals surface area (Å²) < 4.78 is 5.76. The third-order valence-corrected chi connectivity index (χ3v) is 5.15. The van der Waals surface area contributed by atoms with Crippen LogP contribution in [0.25, 0.3) is 10.6 Å². The van der Waals surface area contributed by atoms with E-state index in [1.165, 1.54) is 16.7 Å². The van der Waals surface area contributed by atoms with E-state index >= 15 is 0 Å². The molecule has 0 aliphatic heterocycles. The zero-order valence-corrected chi connectivity index (χ0v) is 15.1. The lowest BCUT2D eigenvalue weighted by Gasteiger charge is -2.11. The largest absolute Gasteiger partial charge is 0.493 e. The zero-order chi connectivity index (χ0) is 17.5. The summed E-state index contributed by atoms with van der Waals surface area (Å²) in [6.07, 6.45) is 5.26. The highest BCUT2D eigenvalue weighted by atomic mass is 32.1. The number of ether oxygens (including phenoxy) is 1. The lowest BCUT2D eigenvalue weighted by Crippen LogP contribution is -2.11. The van der Waals surface area contributed by atoms with Gasteiger partial charge in [0.25, 0.3) is 0 Å². The number of hydrogen-bond donors (Lipinski definition) is 1. The van der Waals surface area contributed by atoms with Crippen LogP contribution in [0.4, 0.5) is 0 Å². The molecule has 0 fully saturated rings. The average Bonchev–Trinajstić information content (AvgIpc) is 3.12. The summed E-state index contributed by atoms with van der Waals surface area (Å²) in [7, 11) is 0. The van der Waals surface area contributed by atoms with E-state index in [-0.39, 0.29) is 5.92 Å². The van der Waals surface area contributed by atoms with Crippen molar-refractivity contribution in [2.45, 2.75) is 19.8 Å². The second-order valence-electron chi connectivity index (χ2n) is 5.96. The summed E-state index contributed by atoms with van der Waals surface area (Å²) >= 11 is 1.73. The van der Waals surface area contributed by atoms with Crippen molar-refractivity contribution in [2.75, 3.05) is 6.61 Å². The Labute approximate surface area is 152 Å². The predicted molar refractivity (Wildman–Crippen MR) is 105 cm³/mol. The van der Waals surface area contributed by atoms with E-state index in [9.17, 15) is 0 Å². The minimum Gasteiger partial charge on any atom is -0.493 e. The van der Waals surface area contributed by atoms with Gasteiger partial charge in [-0.25, -0.2) is 4.98 Å². The number of hydrogen-bond acceptors (Lipinski definition) is 4. The first-order chi connectivity index (χ1) is 12.3. The van der Waals surface area contributed by atoms with Gasteiger partial charge in [-0.3, -0.25) is 0 Å². The van der Waals surface area contributed by atoms with E-state index < -0.39 is 0 Å². The van der Waals surface area contributed by atoms with E-state index in [1.807, 2.05) is 36.5 Å². The minimum atomic E-state index is 0.180. The fourth-order valence-electron chi connectivity index (χ4n) is 2.50. The van der Waals surface area contributed by atoms with Gasteiger partial charge >= 0.3 is 0 Å². The van der Waals surface area contributed by atoms with Crippen molar-refractivity contribution in [2.24, 2.45) is 5.92 Å². The Morgan fingerprint density at radius 3 is 2.56 bits per heavy atom. The summed E-state index contributed by atoms with van der Waals surface area (Å²) in [5, 5.41) is 8.37. The van der Waals surface area contributed by atoms with Crippen LogP contribution in [0.15, 0.2) is 60.8 Å². The number of thiazole rings is 1. The third-order valence-electron chi connectivity index (χ3n) is 4.10. The van der Waals surface area contributed by atoms with Crippen molar-refractivity contribution < 1.29 is 4.74 Å². The summed E-state index contributed by atoms with van der Waals surface area (Å²) in [6.45, 7) is 2.62. The standard InChI is InChI=1S/C21H22N2OS/c1-2-16(13-22)15-24-19-10-8-18(9-11-19)21-23-14-20(25-21)12-17-6-4-3-5-7-17/h3-11,13-14,16,22H,2,12,15H2,1H3/t16-/m0/s1. The normalized spacial score (nSPS) is 11.9. The fourth-order valence-corrected chi connectivity index (χ4v) is 3.45. The van der Waals surface area contributed by atoms with Gasteiger partial charge in [0.1, 0.15) is 10.8 Å². The van der Waals surface area contributed by atoms with Crippen LogP contribution in [0.2, 0.25) is 0 Å². The molecule has 0 saturated carbocycles. The third kappa shape index (κ3) is 4.77. The van der Waals surface area contributed by atoms with Gasteiger partial charge in [0.15, 0.2) is 0 Å². The highest BCUT2D eigenvalue weighted by molar-refractivity contribution is 7.15. The minimum absolute atomic E-state index is 0.180. The maximum atomic E-state index is 7.34. The predicted octanol–water partition coefficient (Wildman–Crippen LogP) is 5.46. The number of aromatic nitrogens is 1. The van der Waals surface area contributed by atoms with E-state index in [0.29, 0.717) is 6.61 Å².